The lowest BCUT2D eigenvalue weighted by Gasteiger charge is -2.43. The van der Waals surface area contributed by atoms with Crippen molar-refractivity contribution < 1.29 is 14.4 Å². The Hall–Kier alpha value is -1.86. The second-order valence-electron chi connectivity index (χ2n) is 8.69. The third-order valence-corrected chi connectivity index (χ3v) is 5.96. The summed E-state index contributed by atoms with van der Waals surface area (Å²) in [5.41, 5.74) is -0.503. The molecule has 1 saturated heterocycles. The molecule has 1 aliphatic heterocycles. The second-order valence-corrected chi connectivity index (χ2v) is 9.51. The quantitative estimate of drug-likeness (QED) is 0.719. The number of hydrogen-bond acceptors (Lipinski definition) is 4. The molecule has 2 atom stereocenters. The third-order valence-electron chi connectivity index (χ3n) is 5.29. The van der Waals surface area contributed by atoms with Crippen molar-refractivity contribution in [1.82, 2.24) is 15.2 Å². The molecule has 1 spiro atoms. The summed E-state index contributed by atoms with van der Waals surface area (Å²) in [6, 6.07) is 0.936. The molecule has 2 heterocycles. The lowest BCUT2D eigenvalue weighted by molar-refractivity contribution is -0.136. The molecule has 0 unspecified atom stereocenters. The minimum atomic E-state index is -0.939. The fourth-order valence-corrected chi connectivity index (χ4v) is 5.02. The van der Waals surface area contributed by atoms with Crippen LogP contribution in [0.5, 0.6) is 0 Å². The highest BCUT2D eigenvalue weighted by molar-refractivity contribution is 6.36. The summed E-state index contributed by atoms with van der Waals surface area (Å²) in [5, 5.41) is 5.96. The van der Waals surface area contributed by atoms with E-state index < -0.39 is 24.0 Å². The third kappa shape index (κ3) is 3.96. The standard InChI is InChI=1S/C19H24Cl2N4O3/c1-10-6-18(3,4)9-19(7-10)16(27)25(17(28)24-19)8-14(26)23-15-13(21)5-12(20)11(2)22-15/h5,10H,6-9H2,1-4H3,(H,24,28)(H,22,23,26)/t10-,19-/m1/s1. The van der Waals surface area contributed by atoms with E-state index >= 15 is 0 Å². The Morgan fingerprint density at radius 2 is 2.00 bits per heavy atom. The van der Waals surface area contributed by atoms with Gasteiger partial charge in [0.05, 0.1) is 15.7 Å². The average molecular weight is 427 g/mol. The van der Waals surface area contributed by atoms with Gasteiger partial charge in [-0.25, -0.2) is 9.78 Å². The normalized spacial score (nSPS) is 26.5. The first kappa shape index (κ1) is 20.9. The van der Waals surface area contributed by atoms with E-state index in [9.17, 15) is 14.4 Å². The van der Waals surface area contributed by atoms with Crippen molar-refractivity contribution in [2.45, 2.75) is 52.5 Å². The summed E-state index contributed by atoms with van der Waals surface area (Å²) in [6.45, 7) is 7.54. The van der Waals surface area contributed by atoms with Crippen molar-refractivity contribution in [3.8, 4) is 0 Å². The molecule has 3 rings (SSSR count). The number of hydrogen-bond donors (Lipinski definition) is 2. The number of rotatable bonds is 3. The monoisotopic (exact) mass is 426 g/mol. The van der Waals surface area contributed by atoms with Crippen molar-refractivity contribution in [3.63, 3.8) is 0 Å². The molecule has 2 aliphatic rings. The highest BCUT2D eigenvalue weighted by Gasteiger charge is 2.56. The summed E-state index contributed by atoms with van der Waals surface area (Å²) < 4.78 is 0. The summed E-state index contributed by atoms with van der Waals surface area (Å²) >= 11 is 12.0. The van der Waals surface area contributed by atoms with Crippen LogP contribution in [0.2, 0.25) is 10.0 Å². The zero-order valence-electron chi connectivity index (χ0n) is 16.4. The summed E-state index contributed by atoms with van der Waals surface area (Å²) in [5.74, 6) is -0.469. The minimum absolute atomic E-state index is 0.0723. The molecule has 1 aliphatic carbocycles. The summed E-state index contributed by atoms with van der Waals surface area (Å²) in [7, 11) is 0. The molecule has 9 heteroatoms. The molecule has 0 radical (unpaired) electrons. The number of halogens is 2. The van der Waals surface area contributed by atoms with E-state index in [1.807, 2.05) is 0 Å². The van der Waals surface area contributed by atoms with Gasteiger partial charge in [-0.15, -0.1) is 0 Å². The molecule has 2 N–H and O–H groups in total. The first-order valence-corrected chi connectivity index (χ1v) is 9.95. The number of pyridine rings is 1. The predicted octanol–water partition coefficient (Wildman–Crippen LogP) is 3.77. The number of imide groups is 1. The highest BCUT2D eigenvalue weighted by atomic mass is 35.5. The van der Waals surface area contributed by atoms with Gasteiger partial charge in [-0.1, -0.05) is 44.0 Å². The first-order valence-electron chi connectivity index (χ1n) is 9.19. The van der Waals surface area contributed by atoms with Gasteiger partial charge in [0.1, 0.15) is 12.1 Å². The predicted molar refractivity (Wildman–Crippen MR) is 107 cm³/mol. The largest absolute Gasteiger partial charge is 0.325 e. The number of nitrogens with zero attached hydrogens (tertiary/aromatic N) is 2. The maximum Gasteiger partial charge on any atom is 0.325 e. The van der Waals surface area contributed by atoms with E-state index in [-0.39, 0.29) is 22.2 Å². The van der Waals surface area contributed by atoms with Crippen LogP contribution in [0.4, 0.5) is 10.6 Å². The van der Waals surface area contributed by atoms with Crippen molar-refractivity contribution in [2.24, 2.45) is 11.3 Å². The van der Waals surface area contributed by atoms with E-state index in [2.05, 4.69) is 36.4 Å². The molecule has 152 valence electrons. The molecule has 1 aromatic rings. The van der Waals surface area contributed by atoms with Crippen LogP contribution < -0.4 is 10.6 Å². The Balaban J connectivity index is 1.74. The van der Waals surface area contributed by atoms with Crippen LogP contribution in [0.15, 0.2) is 6.07 Å². The lowest BCUT2D eigenvalue weighted by atomic mass is 9.64. The Kier molecular flexibility index (Phi) is 5.36. The van der Waals surface area contributed by atoms with Crippen molar-refractivity contribution in [2.75, 3.05) is 11.9 Å². The Morgan fingerprint density at radius 1 is 1.32 bits per heavy atom. The van der Waals surface area contributed by atoms with Crippen molar-refractivity contribution in [3.05, 3.63) is 21.8 Å². The zero-order valence-corrected chi connectivity index (χ0v) is 17.9. The lowest BCUT2D eigenvalue weighted by Crippen LogP contribution is -2.54. The van der Waals surface area contributed by atoms with Gasteiger partial charge in [-0.05, 0) is 43.6 Å². The molecule has 7 nitrogen and oxygen atoms in total. The Labute approximate surface area is 174 Å². The van der Waals surface area contributed by atoms with Crippen LogP contribution >= 0.6 is 23.2 Å². The topological polar surface area (TPSA) is 91.4 Å². The van der Waals surface area contributed by atoms with E-state index in [4.69, 9.17) is 23.2 Å². The molecule has 4 amide bonds. The molecular formula is C19H24Cl2N4O3. The van der Waals surface area contributed by atoms with Gasteiger partial charge >= 0.3 is 6.03 Å². The SMILES string of the molecule is Cc1nc(NC(=O)CN2C(=O)N[C@@]3(C[C@H](C)CC(C)(C)C3)C2=O)c(Cl)cc1Cl. The number of urea groups is 1. The van der Waals surface area contributed by atoms with Gasteiger partial charge in [-0.2, -0.15) is 0 Å². The molecular weight excluding hydrogens is 403 g/mol. The average Bonchev–Trinajstić information content (AvgIpc) is 2.74. The maximum absolute atomic E-state index is 13.1. The van der Waals surface area contributed by atoms with Crippen LogP contribution in [0, 0.1) is 18.3 Å². The molecule has 1 aromatic heterocycles. The van der Waals surface area contributed by atoms with Gasteiger partial charge in [0.2, 0.25) is 5.91 Å². The molecule has 2 fully saturated rings. The van der Waals surface area contributed by atoms with Gasteiger partial charge < -0.3 is 10.6 Å². The van der Waals surface area contributed by atoms with Gasteiger partial charge in [0.15, 0.2) is 5.82 Å². The van der Waals surface area contributed by atoms with E-state index in [0.717, 1.165) is 11.3 Å². The number of aryl methyl sites for hydroxylation is 1. The highest BCUT2D eigenvalue weighted by Crippen LogP contribution is 2.46. The number of nitrogens with one attached hydrogen (secondary N) is 2. The first-order chi connectivity index (χ1) is 12.9. The molecule has 1 saturated carbocycles. The van der Waals surface area contributed by atoms with Crippen LogP contribution in [-0.4, -0.2) is 39.8 Å². The van der Waals surface area contributed by atoms with E-state index in [0.29, 0.717) is 29.5 Å². The Bertz CT molecular complexity index is 858. The molecule has 0 aromatic carbocycles. The van der Waals surface area contributed by atoms with Crippen LogP contribution in [-0.2, 0) is 9.59 Å². The van der Waals surface area contributed by atoms with Gasteiger partial charge in [0.25, 0.3) is 5.91 Å². The smallest absolute Gasteiger partial charge is 0.323 e. The fourth-order valence-electron chi connectivity index (χ4n) is 4.61. The molecule has 28 heavy (non-hydrogen) atoms. The van der Waals surface area contributed by atoms with Crippen LogP contribution in [0.1, 0.15) is 45.7 Å². The van der Waals surface area contributed by atoms with Crippen molar-refractivity contribution >= 4 is 46.9 Å². The second kappa shape index (κ2) is 7.19. The van der Waals surface area contributed by atoms with E-state index in [1.165, 1.54) is 6.07 Å². The van der Waals surface area contributed by atoms with Gasteiger partial charge in [0, 0.05) is 0 Å². The number of carbonyl (C=O) groups is 3. The molecule has 0 bridgehead atoms. The summed E-state index contributed by atoms with van der Waals surface area (Å²) in [4.78, 5) is 43.1. The zero-order chi connectivity index (χ0) is 20.9. The minimum Gasteiger partial charge on any atom is -0.323 e. The number of anilines is 1. The summed E-state index contributed by atoms with van der Waals surface area (Å²) in [6.07, 6.45) is 2.11. The van der Waals surface area contributed by atoms with E-state index in [1.54, 1.807) is 6.92 Å². The van der Waals surface area contributed by atoms with Crippen molar-refractivity contribution in [1.29, 1.82) is 0 Å². The number of carbonyl (C=O) groups excluding carboxylic acids is 3. The number of aromatic nitrogens is 1. The van der Waals surface area contributed by atoms with Gasteiger partial charge in [-0.3, -0.25) is 14.5 Å². The maximum atomic E-state index is 13.1. The van der Waals surface area contributed by atoms with Crippen LogP contribution in [0.3, 0.4) is 0 Å². The number of amides is 4. The fraction of sp³-hybridized carbons (Fsp3) is 0.579. The Morgan fingerprint density at radius 3 is 2.64 bits per heavy atom. The van der Waals surface area contributed by atoms with Crippen LogP contribution in [0.25, 0.3) is 0 Å².